The highest BCUT2D eigenvalue weighted by Gasteiger charge is 2.35. The Labute approximate surface area is 115 Å². The Morgan fingerprint density at radius 2 is 1.89 bits per heavy atom. The maximum Gasteiger partial charge on any atom is 0.198 e. The SMILES string of the molecule is CCOC(C)(CC)C(=O)c1c(C)cc(C)cc1OC. The van der Waals surface area contributed by atoms with Crippen LogP contribution in [0.5, 0.6) is 5.75 Å². The van der Waals surface area contributed by atoms with E-state index in [2.05, 4.69) is 0 Å². The summed E-state index contributed by atoms with van der Waals surface area (Å²) in [5.41, 5.74) is 1.86. The summed E-state index contributed by atoms with van der Waals surface area (Å²) >= 11 is 0. The van der Waals surface area contributed by atoms with Crippen molar-refractivity contribution in [3.63, 3.8) is 0 Å². The van der Waals surface area contributed by atoms with Gasteiger partial charge < -0.3 is 9.47 Å². The number of rotatable bonds is 6. The van der Waals surface area contributed by atoms with Gasteiger partial charge in [0.15, 0.2) is 5.78 Å². The lowest BCUT2D eigenvalue weighted by atomic mass is 9.88. The zero-order valence-corrected chi connectivity index (χ0v) is 12.8. The van der Waals surface area contributed by atoms with E-state index in [0.717, 1.165) is 11.1 Å². The summed E-state index contributed by atoms with van der Waals surface area (Å²) in [7, 11) is 1.59. The van der Waals surface area contributed by atoms with Crippen molar-refractivity contribution >= 4 is 5.78 Å². The maximum atomic E-state index is 12.8. The monoisotopic (exact) mass is 264 g/mol. The largest absolute Gasteiger partial charge is 0.496 e. The van der Waals surface area contributed by atoms with Gasteiger partial charge in [-0.1, -0.05) is 13.0 Å². The van der Waals surface area contributed by atoms with Crippen LogP contribution < -0.4 is 4.74 Å². The molecule has 0 N–H and O–H groups in total. The molecule has 106 valence electrons. The molecule has 0 radical (unpaired) electrons. The van der Waals surface area contributed by atoms with Crippen LogP contribution in [0.3, 0.4) is 0 Å². The zero-order chi connectivity index (χ0) is 14.6. The molecule has 0 aliphatic heterocycles. The van der Waals surface area contributed by atoms with E-state index in [1.54, 1.807) is 7.11 Å². The molecule has 1 aromatic carbocycles. The molecule has 1 rings (SSSR count). The third-order valence-electron chi connectivity index (χ3n) is 3.51. The topological polar surface area (TPSA) is 35.5 Å². The molecule has 0 aliphatic rings. The Bertz CT molecular complexity index is 465. The van der Waals surface area contributed by atoms with E-state index in [4.69, 9.17) is 9.47 Å². The summed E-state index contributed by atoms with van der Waals surface area (Å²) in [6, 6.07) is 3.89. The normalized spacial score (nSPS) is 14.0. The first-order valence-corrected chi connectivity index (χ1v) is 6.73. The first-order chi connectivity index (χ1) is 8.89. The lowest BCUT2D eigenvalue weighted by Gasteiger charge is -2.28. The minimum Gasteiger partial charge on any atom is -0.496 e. The number of hydrogen-bond donors (Lipinski definition) is 0. The van der Waals surface area contributed by atoms with E-state index in [1.807, 2.05) is 46.8 Å². The second kappa shape index (κ2) is 6.20. The van der Waals surface area contributed by atoms with Gasteiger partial charge in [-0.3, -0.25) is 4.79 Å². The minimum absolute atomic E-state index is 0.00815. The third-order valence-corrected chi connectivity index (χ3v) is 3.51. The van der Waals surface area contributed by atoms with E-state index < -0.39 is 5.60 Å². The number of methoxy groups -OCH3 is 1. The molecule has 0 bridgehead atoms. The number of benzene rings is 1. The van der Waals surface area contributed by atoms with Crippen LogP contribution in [0.2, 0.25) is 0 Å². The van der Waals surface area contributed by atoms with Crippen molar-refractivity contribution < 1.29 is 14.3 Å². The Kier molecular flexibility index (Phi) is 5.12. The van der Waals surface area contributed by atoms with Gasteiger partial charge in [0.05, 0.1) is 12.7 Å². The molecule has 3 heteroatoms. The molecule has 0 saturated carbocycles. The molecule has 3 nitrogen and oxygen atoms in total. The van der Waals surface area contributed by atoms with Gasteiger partial charge in [-0.25, -0.2) is 0 Å². The summed E-state index contributed by atoms with van der Waals surface area (Å²) < 4.78 is 11.0. The van der Waals surface area contributed by atoms with Crippen molar-refractivity contribution in [3.8, 4) is 5.75 Å². The fraction of sp³-hybridized carbons (Fsp3) is 0.562. The second-order valence-corrected chi connectivity index (χ2v) is 5.01. The van der Waals surface area contributed by atoms with Crippen molar-refractivity contribution in [1.29, 1.82) is 0 Å². The van der Waals surface area contributed by atoms with Crippen molar-refractivity contribution in [2.24, 2.45) is 0 Å². The smallest absolute Gasteiger partial charge is 0.198 e. The number of carbonyl (C=O) groups is 1. The fourth-order valence-corrected chi connectivity index (χ4v) is 2.29. The summed E-state index contributed by atoms with van der Waals surface area (Å²) in [6.07, 6.45) is 0.635. The number of ketones is 1. The van der Waals surface area contributed by atoms with E-state index in [1.165, 1.54) is 0 Å². The average Bonchev–Trinajstić information content (AvgIpc) is 2.37. The van der Waals surface area contributed by atoms with E-state index >= 15 is 0 Å². The van der Waals surface area contributed by atoms with Gasteiger partial charge in [0.2, 0.25) is 0 Å². The molecule has 0 fully saturated rings. The van der Waals surface area contributed by atoms with Crippen molar-refractivity contribution in [2.45, 2.75) is 46.6 Å². The summed E-state index contributed by atoms with van der Waals surface area (Å²) in [5.74, 6) is 0.619. The molecule has 0 heterocycles. The van der Waals surface area contributed by atoms with Crippen LogP contribution in [-0.2, 0) is 4.74 Å². The molecule has 0 aliphatic carbocycles. The number of carbonyl (C=O) groups excluding carboxylic acids is 1. The molecule has 19 heavy (non-hydrogen) atoms. The van der Waals surface area contributed by atoms with Crippen molar-refractivity contribution in [2.75, 3.05) is 13.7 Å². The Morgan fingerprint density at radius 3 is 2.37 bits per heavy atom. The quantitative estimate of drug-likeness (QED) is 0.735. The van der Waals surface area contributed by atoms with Crippen molar-refractivity contribution in [1.82, 2.24) is 0 Å². The van der Waals surface area contributed by atoms with E-state index in [0.29, 0.717) is 24.3 Å². The molecule has 1 aromatic rings. The van der Waals surface area contributed by atoms with E-state index in [-0.39, 0.29) is 5.78 Å². The van der Waals surface area contributed by atoms with Gasteiger partial charge in [0, 0.05) is 6.61 Å². The lowest BCUT2D eigenvalue weighted by molar-refractivity contribution is -0.0118. The first kappa shape index (κ1) is 15.7. The summed E-state index contributed by atoms with van der Waals surface area (Å²) in [4.78, 5) is 12.8. The molecule has 1 atom stereocenters. The van der Waals surface area contributed by atoms with Crippen LogP contribution in [-0.4, -0.2) is 25.1 Å². The van der Waals surface area contributed by atoms with Crippen LogP contribution in [0.4, 0.5) is 0 Å². The summed E-state index contributed by atoms with van der Waals surface area (Å²) in [6.45, 7) is 10.2. The molecule has 0 saturated heterocycles. The van der Waals surface area contributed by atoms with Crippen LogP contribution in [0.1, 0.15) is 48.7 Å². The van der Waals surface area contributed by atoms with Gasteiger partial charge >= 0.3 is 0 Å². The van der Waals surface area contributed by atoms with E-state index in [9.17, 15) is 4.79 Å². The minimum atomic E-state index is -0.790. The number of ether oxygens (including phenoxy) is 2. The highest BCUT2D eigenvalue weighted by molar-refractivity contribution is 6.05. The lowest BCUT2D eigenvalue weighted by Crippen LogP contribution is -2.38. The number of Topliss-reactive ketones (excluding diaryl/α,β-unsaturated/α-hetero) is 1. The van der Waals surface area contributed by atoms with Gasteiger partial charge in [-0.2, -0.15) is 0 Å². The standard InChI is InChI=1S/C16H24O3/c1-7-16(5,19-8-2)15(17)14-12(4)9-11(3)10-13(14)18-6/h9-10H,7-8H2,1-6H3. The predicted octanol–water partition coefficient (Wildman–Crippen LogP) is 3.70. The van der Waals surface area contributed by atoms with Gasteiger partial charge in [-0.15, -0.1) is 0 Å². The second-order valence-electron chi connectivity index (χ2n) is 5.01. The van der Waals surface area contributed by atoms with Gasteiger partial charge in [0.25, 0.3) is 0 Å². The average molecular weight is 264 g/mol. The highest BCUT2D eigenvalue weighted by atomic mass is 16.5. The molecular weight excluding hydrogens is 240 g/mol. The van der Waals surface area contributed by atoms with Crippen LogP contribution in [0.25, 0.3) is 0 Å². The predicted molar refractivity (Wildman–Crippen MR) is 77.1 cm³/mol. The molecule has 0 aromatic heterocycles. The highest BCUT2D eigenvalue weighted by Crippen LogP contribution is 2.30. The molecule has 0 spiro atoms. The van der Waals surface area contributed by atoms with Gasteiger partial charge in [0.1, 0.15) is 11.4 Å². The number of aryl methyl sites for hydroxylation is 2. The summed E-state index contributed by atoms with van der Waals surface area (Å²) in [5, 5.41) is 0. The molecule has 0 amide bonds. The molecule has 1 unspecified atom stereocenters. The van der Waals surface area contributed by atoms with Crippen LogP contribution in [0, 0.1) is 13.8 Å². The first-order valence-electron chi connectivity index (χ1n) is 6.73. The number of hydrogen-bond acceptors (Lipinski definition) is 3. The van der Waals surface area contributed by atoms with Gasteiger partial charge in [-0.05, 0) is 51.3 Å². The fourth-order valence-electron chi connectivity index (χ4n) is 2.29. The van der Waals surface area contributed by atoms with Crippen molar-refractivity contribution in [3.05, 3.63) is 28.8 Å². The van der Waals surface area contributed by atoms with Crippen LogP contribution in [0.15, 0.2) is 12.1 Å². The molecular formula is C16H24O3. The Balaban J connectivity index is 3.33. The maximum absolute atomic E-state index is 12.8. The third kappa shape index (κ3) is 3.16. The zero-order valence-electron chi connectivity index (χ0n) is 12.8. The Morgan fingerprint density at radius 1 is 1.26 bits per heavy atom. The Hall–Kier alpha value is -1.35. The van der Waals surface area contributed by atoms with Crippen LogP contribution >= 0.6 is 0 Å².